The average Bonchev–Trinajstić information content (AvgIpc) is 2.91. The van der Waals surface area contributed by atoms with Crippen molar-refractivity contribution < 1.29 is 4.74 Å². The van der Waals surface area contributed by atoms with Crippen LogP contribution in [0, 0.1) is 6.92 Å². The second kappa shape index (κ2) is 4.21. The van der Waals surface area contributed by atoms with Crippen LogP contribution in [0.1, 0.15) is 16.8 Å². The molecule has 2 heterocycles. The van der Waals surface area contributed by atoms with Gasteiger partial charge >= 0.3 is 0 Å². The van der Waals surface area contributed by atoms with E-state index in [1.54, 1.807) is 4.68 Å². The maximum atomic E-state index is 6.03. The normalized spacial score (nSPS) is 13.4. The second-order valence-corrected chi connectivity index (χ2v) is 4.86. The number of nitrogens with zero attached hydrogens (tertiary/aromatic N) is 2. The number of hydrogen-bond acceptors (Lipinski definition) is 3. The van der Waals surface area contributed by atoms with Crippen molar-refractivity contribution in [3.05, 3.63) is 40.0 Å². The van der Waals surface area contributed by atoms with E-state index in [0.29, 0.717) is 17.4 Å². The molecular weight excluding hydrogens is 250 g/mol. The first-order chi connectivity index (χ1) is 8.65. The van der Waals surface area contributed by atoms with Crippen molar-refractivity contribution in [1.29, 1.82) is 0 Å². The van der Waals surface area contributed by atoms with Gasteiger partial charge in [-0.05, 0) is 24.1 Å². The van der Waals surface area contributed by atoms with Crippen molar-refractivity contribution in [3.8, 4) is 5.75 Å². The van der Waals surface area contributed by atoms with E-state index in [9.17, 15) is 0 Å². The highest BCUT2D eigenvalue weighted by Crippen LogP contribution is 2.27. The maximum absolute atomic E-state index is 6.03. The van der Waals surface area contributed by atoms with Crippen LogP contribution >= 0.6 is 11.6 Å². The molecule has 0 bridgehead atoms. The van der Waals surface area contributed by atoms with Crippen molar-refractivity contribution in [2.24, 2.45) is 0 Å². The van der Waals surface area contributed by atoms with Crippen LogP contribution in [0.3, 0.4) is 0 Å². The zero-order valence-electron chi connectivity index (χ0n) is 10.1. The van der Waals surface area contributed by atoms with E-state index in [2.05, 4.69) is 11.2 Å². The van der Waals surface area contributed by atoms with E-state index in [-0.39, 0.29) is 0 Å². The number of aryl methyl sites for hydroxylation is 1. The third kappa shape index (κ3) is 1.82. The molecule has 0 saturated carbocycles. The molecule has 3 rings (SSSR count). The molecule has 1 aliphatic rings. The van der Waals surface area contributed by atoms with Gasteiger partial charge in [0.05, 0.1) is 18.8 Å². The molecule has 2 aromatic rings. The Bertz CT molecular complexity index is 607. The number of hydrogen-bond donors (Lipinski definition) is 1. The van der Waals surface area contributed by atoms with Gasteiger partial charge in [0.25, 0.3) is 0 Å². The highest BCUT2D eigenvalue weighted by Gasteiger charge is 2.14. The van der Waals surface area contributed by atoms with E-state index < -0.39 is 0 Å². The summed E-state index contributed by atoms with van der Waals surface area (Å²) in [5, 5.41) is 4.87. The van der Waals surface area contributed by atoms with E-state index in [4.69, 9.17) is 22.1 Å². The van der Waals surface area contributed by atoms with Gasteiger partial charge in [0.2, 0.25) is 0 Å². The Morgan fingerprint density at radius 2 is 2.33 bits per heavy atom. The maximum Gasteiger partial charge on any atom is 0.141 e. The fourth-order valence-corrected chi connectivity index (χ4v) is 2.34. The summed E-state index contributed by atoms with van der Waals surface area (Å²) in [6.07, 6.45) is 0.970. The molecule has 0 saturated heterocycles. The van der Waals surface area contributed by atoms with Crippen LogP contribution < -0.4 is 10.5 Å². The van der Waals surface area contributed by atoms with Gasteiger partial charge in [0, 0.05) is 6.42 Å². The zero-order valence-corrected chi connectivity index (χ0v) is 10.9. The lowest BCUT2D eigenvalue weighted by Gasteiger charge is -2.06. The molecule has 0 aliphatic carbocycles. The molecule has 1 aromatic heterocycles. The van der Waals surface area contributed by atoms with Crippen molar-refractivity contribution >= 4 is 17.4 Å². The number of aromatic nitrogens is 2. The molecule has 1 aromatic carbocycles. The Labute approximate surface area is 110 Å². The highest BCUT2D eigenvalue weighted by molar-refractivity contribution is 6.33. The minimum atomic E-state index is 0.519. The van der Waals surface area contributed by atoms with Crippen LogP contribution in [0.2, 0.25) is 5.02 Å². The van der Waals surface area contributed by atoms with Gasteiger partial charge in [0.1, 0.15) is 16.6 Å². The van der Waals surface area contributed by atoms with Crippen molar-refractivity contribution in [2.45, 2.75) is 19.9 Å². The Kier molecular flexibility index (Phi) is 2.67. The molecule has 5 heteroatoms. The van der Waals surface area contributed by atoms with Gasteiger partial charge in [-0.25, -0.2) is 4.68 Å². The number of nitrogen functional groups attached to an aromatic ring is 1. The lowest BCUT2D eigenvalue weighted by Crippen LogP contribution is -2.06. The van der Waals surface area contributed by atoms with Gasteiger partial charge in [-0.1, -0.05) is 23.7 Å². The first-order valence-corrected chi connectivity index (χ1v) is 6.26. The average molecular weight is 264 g/mol. The van der Waals surface area contributed by atoms with Gasteiger partial charge in [-0.2, -0.15) is 5.10 Å². The zero-order chi connectivity index (χ0) is 12.7. The van der Waals surface area contributed by atoms with Crippen LogP contribution in [0.5, 0.6) is 5.75 Å². The fraction of sp³-hybridized carbons (Fsp3) is 0.308. The SMILES string of the molecule is Cc1nn(Cc2ccc3c(c2)CCO3)c(N)c1Cl. The Hall–Kier alpha value is -1.68. The smallest absolute Gasteiger partial charge is 0.141 e. The summed E-state index contributed by atoms with van der Waals surface area (Å²) in [6, 6.07) is 6.19. The van der Waals surface area contributed by atoms with Crippen molar-refractivity contribution in [2.75, 3.05) is 12.3 Å². The summed E-state index contributed by atoms with van der Waals surface area (Å²) in [4.78, 5) is 0. The largest absolute Gasteiger partial charge is 0.493 e. The molecule has 18 heavy (non-hydrogen) atoms. The monoisotopic (exact) mass is 263 g/mol. The first kappa shape index (κ1) is 11.4. The van der Waals surface area contributed by atoms with Gasteiger partial charge < -0.3 is 10.5 Å². The topological polar surface area (TPSA) is 53.1 Å². The van der Waals surface area contributed by atoms with E-state index >= 15 is 0 Å². The van der Waals surface area contributed by atoms with Gasteiger partial charge in [0.15, 0.2) is 0 Å². The molecule has 0 spiro atoms. The molecular formula is C13H14ClN3O. The number of nitrogens with two attached hydrogens (primary N) is 1. The Morgan fingerprint density at radius 3 is 3.06 bits per heavy atom. The molecule has 0 fully saturated rings. The summed E-state index contributed by atoms with van der Waals surface area (Å²) in [7, 11) is 0. The summed E-state index contributed by atoms with van der Waals surface area (Å²) in [5.74, 6) is 1.51. The van der Waals surface area contributed by atoms with Crippen molar-refractivity contribution in [1.82, 2.24) is 9.78 Å². The lowest BCUT2D eigenvalue weighted by molar-refractivity contribution is 0.357. The third-order valence-corrected chi connectivity index (χ3v) is 3.64. The number of fused-ring (bicyclic) bond motifs is 1. The third-order valence-electron chi connectivity index (χ3n) is 3.18. The van der Waals surface area contributed by atoms with Crippen molar-refractivity contribution in [3.63, 3.8) is 0 Å². The number of ether oxygens (including phenoxy) is 1. The highest BCUT2D eigenvalue weighted by atomic mass is 35.5. The van der Waals surface area contributed by atoms with Crippen LogP contribution in [-0.2, 0) is 13.0 Å². The number of halogens is 1. The first-order valence-electron chi connectivity index (χ1n) is 5.88. The summed E-state index contributed by atoms with van der Waals surface area (Å²) in [5.41, 5.74) is 9.08. The Morgan fingerprint density at radius 1 is 1.50 bits per heavy atom. The van der Waals surface area contributed by atoms with E-state index in [0.717, 1.165) is 30.0 Å². The Balaban J connectivity index is 1.90. The lowest BCUT2D eigenvalue weighted by atomic mass is 10.1. The molecule has 0 radical (unpaired) electrons. The number of rotatable bonds is 2. The quantitative estimate of drug-likeness (QED) is 0.905. The number of anilines is 1. The predicted octanol–water partition coefficient (Wildman–Crippen LogP) is 2.41. The predicted molar refractivity (Wildman–Crippen MR) is 71.1 cm³/mol. The second-order valence-electron chi connectivity index (χ2n) is 4.48. The minimum Gasteiger partial charge on any atom is -0.493 e. The van der Waals surface area contributed by atoms with E-state index in [1.807, 2.05) is 19.1 Å². The molecule has 1 aliphatic heterocycles. The number of benzene rings is 1. The molecule has 0 amide bonds. The van der Waals surface area contributed by atoms with Gasteiger partial charge in [-0.3, -0.25) is 0 Å². The van der Waals surface area contributed by atoms with Crippen LogP contribution in [0.4, 0.5) is 5.82 Å². The molecule has 0 atom stereocenters. The van der Waals surface area contributed by atoms with Gasteiger partial charge in [-0.15, -0.1) is 0 Å². The van der Waals surface area contributed by atoms with E-state index in [1.165, 1.54) is 5.56 Å². The summed E-state index contributed by atoms with van der Waals surface area (Å²) < 4.78 is 7.21. The summed E-state index contributed by atoms with van der Waals surface area (Å²) >= 11 is 6.03. The molecule has 4 nitrogen and oxygen atoms in total. The standard InChI is InChI=1S/C13H14ClN3O/c1-8-12(14)13(15)17(16-8)7-9-2-3-11-10(6-9)4-5-18-11/h2-3,6H,4-5,7,15H2,1H3. The minimum absolute atomic E-state index is 0.519. The van der Waals surface area contributed by atoms with Crippen LogP contribution in [0.25, 0.3) is 0 Å². The molecule has 94 valence electrons. The summed E-state index contributed by atoms with van der Waals surface area (Å²) in [6.45, 7) is 3.26. The molecule has 2 N–H and O–H groups in total. The fourth-order valence-electron chi connectivity index (χ4n) is 2.21. The van der Waals surface area contributed by atoms with Crippen LogP contribution in [0.15, 0.2) is 18.2 Å². The molecule has 0 unspecified atom stereocenters. The van der Waals surface area contributed by atoms with Crippen LogP contribution in [-0.4, -0.2) is 16.4 Å².